The van der Waals surface area contributed by atoms with Crippen molar-refractivity contribution >= 4 is 33.4 Å². The molecule has 0 unspecified atom stereocenters. The zero-order chi connectivity index (χ0) is 21.3. The molecule has 160 valence electrons. The lowest BCUT2D eigenvalue weighted by Gasteiger charge is -2.27. The normalized spacial score (nSPS) is 22.8. The van der Waals surface area contributed by atoms with Gasteiger partial charge in [0.2, 0.25) is 5.91 Å². The van der Waals surface area contributed by atoms with Gasteiger partial charge in [0.05, 0.1) is 10.6 Å². The number of nitrogens with one attached hydrogen (secondary N) is 1. The molecule has 30 heavy (non-hydrogen) atoms. The fraction of sp³-hybridized carbons (Fsp3) is 0.435. The van der Waals surface area contributed by atoms with E-state index in [1.807, 2.05) is 25.3 Å². The molecule has 0 radical (unpaired) electrons. The number of benzene rings is 2. The van der Waals surface area contributed by atoms with E-state index in [0.29, 0.717) is 17.5 Å². The van der Waals surface area contributed by atoms with Crippen LogP contribution in [0.3, 0.4) is 0 Å². The number of sulfonamides is 1. The number of carbonyl (C=O) groups is 1. The number of hydrogen-bond donors (Lipinski definition) is 1. The van der Waals surface area contributed by atoms with Crippen molar-refractivity contribution in [2.24, 2.45) is 11.8 Å². The second-order valence-electron chi connectivity index (χ2n) is 8.37. The predicted molar refractivity (Wildman–Crippen MR) is 121 cm³/mol. The monoisotopic (exact) mass is 444 g/mol. The first-order valence-electron chi connectivity index (χ1n) is 10.4. The Morgan fingerprint density at radius 1 is 1.07 bits per heavy atom. The average Bonchev–Trinajstić information content (AvgIpc) is 3.36. The van der Waals surface area contributed by atoms with Gasteiger partial charge in [-0.1, -0.05) is 24.1 Å². The topological polar surface area (TPSA) is 66.5 Å². The molecule has 2 aliphatic rings. The number of nitrogens with zero attached hydrogens (tertiary/aromatic N) is 1. The van der Waals surface area contributed by atoms with Crippen molar-refractivity contribution in [3.8, 4) is 0 Å². The zero-order valence-corrected chi connectivity index (χ0v) is 19.0. The minimum absolute atomic E-state index is 0.180. The van der Waals surface area contributed by atoms with E-state index in [1.54, 1.807) is 48.2 Å². The minimum atomic E-state index is -3.87. The Morgan fingerprint density at radius 3 is 2.33 bits per heavy atom. The second-order valence-corrected chi connectivity index (χ2v) is 11.1. The lowest BCUT2D eigenvalue weighted by Crippen LogP contribution is -2.46. The number of amides is 1. The van der Waals surface area contributed by atoms with E-state index in [0.717, 1.165) is 23.3 Å². The molecule has 4 rings (SSSR count). The molecule has 2 aliphatic carbocycles. The van der Waals surface area contributed by atoms with E-state index in [2.05, 4.69) is 5.32 Å². The molecule has 7 heteroatoms. The predicted octanol–water partition coefficient (Wildman–Crippen LogP) is 4.22. The molecule has 3 atom stereocenters. The summed E-state index contributed by atoms with van der Waals surface area (Å²) in [6, 6.07) is 14.2. The van der Waals surface area contributed by atoms with E-state index in [1.165, 1.54) is 17.1 Å². The van der Waals surface area contributed by atoms with Crippen molar-refractivity contribution in [2.75, 3.05) is 17.1 Å². The van der Waals surface area contributed by atoms with Crippen molar-refractivity contribution in [3.05, 3.63) is 54.1 Å². The molecule has 2 bridgehead atoms. The summed E-state index contributed by atoms with van der Waals surface area (Å²) in [6.45, 7) is 1.73. The molecule has 2 fully saturated rings. The fourth-order valence-electron chi connectivity index (χ4n) is 4.71. The maximum absolute atomic E-state index is 13.5. The Morgan fingerprint density at radius 2 is 1.77 bits per heavy atom. The summed E-state index contributed by atoms with van der Waals surface area (Å²) in [7, 11) is -3.87. The van der Waals surface area contributed by atoms with Crippen LogP contribution in [0.15, 0.2) is 58.3 Å². The van der Waals surface area contributed by atoms with Gasteiger partial charge in [-0.3, -0.25) is 9.10 Å². The third kappa shape index (κ3) is 4.37. The van der Waals surface area contributed by atoms with E-state index in [-0.39, 0.29) is 23.4 Å². The van der Waals surface area contributed by atoms with Crippen LogP contribution in [-0.2, 0) is 14.8 Å². The molecule has 0 spiro atoms. The van der Waals surface area contributed by atoms with Gasteiger partial charge in [0.1, 0.15) is 6.54 Å². The van der Waals surface area contributed by atoms with Crippen LogP contribution >= 0.6 is 11.8 Å². The quantitative estimate of drug-likeness (QED) is 0.650. The molecule has 5 nitrogen and oxygen atoms in total. The first-order valence-corrected chi connectivity index (χ1v) is 13.1. The number of rotatable bonds is 7. The minimum Gasteiger partial charge on any atom is -0.352 e. The summed E-state index contributed by atoms with van der Waals surface area (Å²) < 4.78 is 28.1. The SMILES string of the molecule is CSc1ccc(S(=O)(=O)N(CC(=O)N[C@@H]2C[C@H]3CC[C@H]2C3)c2ccc(C)cc2)cc1. The third-order valence-corrected chi connectivity index (χ3v) is 8.87. The first-order chi connectivity index (χ1) is 14.4. The highest BCUT2D eigenvalue weighted by Crippen LogP contribution is 2.44. The highest BCUT2D eigenvalue weighted by atomic mass is 32.2. The first kappa shape index (κ1) is 21.2. The van der Waals surface area contributed by atoms with E-state index < -0.39 is 10.0 Å². The summed E-state index contributed by atoms with van der Waals surface area (Å²) in [5.74, 6) is 1.02. The van der Waals surface area contributed by atoms with Crippen molar-refractivity contribution < 1.29 is 13.2 Å². The van der Waals surface area contributed by atoms with Gasteiger partial charge in [0.25, 0.3) is 10.0 Å². The molecule has 0 aromatic heterocycles. The zero-order valence-electron chi connectivity index (χ0n) is 17.4. The largest absolute Gasteiger partial charge is 0.352 e. The number of hydrogen-bond acceptors (Lipinski definition) is 4. The van der Waals surface area contributed by atoms with E-state index >= 15 is 0 Å². The van der Waals surface area contributed by atoms with Gasteiger partial charge in [-0.05, 0) is 80.7 Å². The van der Waals surface area contributed by atoms with Gasteiger partial charge in [0.15, 0.2) is 0 Å². The lowest BCUT2D eigenvalue weighted by molar-refractivity contribution is -0.120. The molecular formula is C23H28N2O3S2. The molecule has 0 saturated heterocycles. The smallest absolute Gasteiger partial charge is 0.264 e. The van der Waals surface area contributed by atoms with Crippen LogP contribution in [0.5, 0.6) is 0 Å². The van der Waals surface area contributed by atoms with Crippen molar-refractivity contribution in [1.29, 1.82) is 0 Å². The number of aryl methyl sites for hydroxylation is 1. The van der Waals surface area contributed by atoms with Crippen LogP contribution in [0.4, 0.5) is 5.69 Å². The van der Waals surface area contributed by atoms with Crippen molar-refractivity contribution in [1.82, 2.24) is 5.32 Å². The standard InChI is InChI=1S/C23H28N2O3S2/c1-16-3-7-19(8-4-16)25(30(27,28)21-11-9-20(29-2)10-12-21)15-23(26)24-22-14-17-5-6-18(22)13-17/h3-4,7-12,17-18,22H,5-6,13-15H2,1-2H3,(H,24,26)/t17-,18-,22+/m0/s1. The molecule has 2 aromatic carbocycles. The van der Waals surface area contributed by atoms with Gasteiger partial charge in [-0.15, -0.1) is 11.8 Å². The van der Waals surface area contributed by atoms with Gasteiger partial charge in [0, 0.05) is 10.9 Å². The molecule has 1 N–H and O–H groups in total. The van der Waals surface area contributed by atoms with Crippen molar-refractivity contribution in [2.45, 2.75) is 48.4 Å². The molecule has 2 saturated carbocycles. The highest BCUT2D eigenvalue weighted by molar-refractivity contribution is 7.98. The summed E-state index contributed by atoms with van der Waals surface area (Å²) in [4.78, 5) is 14.1. The van der Waals surface area contributed by atoms with Gasteiger partial charge >= 0.3 is 0 Å². The molecule has 0 heterocycles. The van der Waals surface area contributed by atoms with Crippen LogP contribution in [-0.4, -0.2) is 33.2 Å². The summed E-state index contributed by atoms with van der Waals surface area (Å²) in [5, 5.41) is 3.12. The van der Waals surface area contributed by atoms with Crippen LogP contribution in [0, 0.1) is 18.8 Å². The molecule has 1 amide bonds. The Labute approximate surface area is 183 Å². The Balaban J connectivity index is 1.58. The number of thioether (sulfide) groups is 1. The second kappa shape index (κ2) is 8.63. The highest BCUT2D eigenvalue weighted by Gasteiger charge is 2.40. The Hall–Kier alpha value is -1.99. The van der Waals surface area contributed by atoms with Gasteiger partial charge in [-0.25, -0.2) is 8.42 Å². The van der Waals surface area contributed by atoms with Gasteiger partial charge < -0.3 is 5.32 Å². The van der Waals surface area contributed by atoms with E-state index in [4.69, 9.17) is 0 Å². The molecular weight excluding hydrogens is 416 g/mol. The maximum atomic E-state index is 13.5. The van der Waals surface area contributed by atoms with Crippen LogP contribution in [0.25, 0.3) is 0 Å². The average molecular weight is 445 g/mol. The van der Waals surface area contributed by atoms with E-state index in [9.17, 15) is 13.2 Å². The van der Waals surface area contributed by atoms with Gasteiger partial charge in [-0.2, -0.15) is 0 Å². The summed E-state index contributed by atoms with van der Waals surface area (Å²) in [6.07, 6.45) is 6.57. The lowest BCUT2D eigenvalue weighted by atomic mass is 9.95. The number of carbonyl (C=O) groups excluding carboxylic acids is 1. The Bertz CT molecular complexity index is 1000. The van der Waals surface area contributed by atoms with Crippen LogP contribution in [0.2, 0.25) is 0 Å². The van der Waals surface area contributed by atoms with Crippen LogP contribution in [0.1, 0.15) is 31.2 Å². The van der Waals surface area contributed by atoms with Crippen LogP contribution < -0.4 is 9.62 Å². The molecule has 0 aliphatic heterocycles. The third-order valence-electron chi connectivity index (χ3n) is 6.34. The fourth-order valence-corrected chi connectivity index (χ4v) is 6.53. The molecule has 2 aromatic rings. The Kier molecular flexibility index (Phi) is 6.11. The van der Waals surface area contributed by atoms with Crippen molar-refractivity contribution in [3.63, 3.8) is 0 Å². The number of fused-ring (bicyclic) bond motifs is 2. The summed E-state index contributed by atoms with van der Waals surface area (Å²) >= 11 is 1.56. The maximum Gasteiger partial charge on any atom is 0.264 e. The number of anilines is 1. The summed E-state index contributed by atoms with van der Waals surface area (Å²) in [5.41, 5.74) is 1.53.